The van der Waals surface area contributed by atoms with Crippen LogP contribution in [-0.2, 0) is 12.7 Å². The Morgan fingerprint density at radius 3 is 2.62 bits per heavy atom. The van der Waals surface area contributed by atoms with Crippen molar-refractivity contribution in [2.45, 2.75) is 25.7 Å². The maximum atomic E-state index is 14.1. The van der Waals surface area contributed by atoms with Crippen LogP contribution in [0.4, 0.5) is 17.6 Å². The van der Waals surface area contributed by atoms with E-state index in [0.29, 0.717) is 18.2 Å². The Balaban J connectivity index is 2.48. The Bertz CT molecular complexity index is 621. The predicted octanol–water partition coefficient (Wildman–Crippen LogP) is 2.61. The summed E-state index contributed by atoms with van der Waals surface area (Å²) in [6.45, 7) is 2.44. The summed E-state index contributed by atoms with van der Waals surface area (Å²) in [4.78, 5) is 0. The van der Waals surface area contributed by atoms with Crippen LogP contribution in [0.3, 0.4) is 0 Å². The quantitative estimate of drug-likeness (QED) is 0.518. The molecule has 114 valence electrons. The Morgan fingerprint density at radius 1 is 1.38 bits per heavy atom. The lowest BCUT2D eigenvalue weighted by Crippen LogP contribution is -2.30. The minimum Gasteiger partial charge on any atom is -0.273 e. The fraction of sp³-hybridized carbons (Fsp3) is 0.308. The number of halogens is 4. The standard InChI is InChI=1S/C13H14F4N4/c1-2-21-7-8(6-19-21)12(20-18)9-4-3-5-10(11(9)14)13(15,16)17/h3-7,12,20H,2,18H2,1H3. The molecule has 0 amide bonds. The average Bonchev–Trinajstić information content (AvgIpc) is 2.89. The van der Waals surface area contributed by atoms with Gasteiger partial charge in [0.1, 0.15) is 5.82 Å². The number of alkyl halides is 3. The fourth-order valence-corrected chi connectivity index (χ4v) is 2.06. The van der Waals surface area contributed by atoms with Crippen LogP contribution in [0.15, 0.2) is 30.6 Å². The van der Waals surface area contributed by atoms with Crippen molar-refractivity contribution < 1.29 is 17.6 Å². The van der Waals surface area contributed by atoms with Crippen molar-refractivity contribution in [3.8, 4) is 0 Å². The number of nitrogens with two attached hydrogens (primary N) is 1. The van der Waals surface area contributed by atoms with Gasteiger partial charge in [0, 0.05) is 23.9 Å². The Morgan fingerprint density at radius 2 is 2.10 bits per heavy atom. The lowest BCUT2D eigenvalue weighted by atomic mass is 9.99. The molecule has 0 aliphatic heterocycles. The van der Waals surface area contributed by atoms with Gasteiger partial charge in [-0.05, 0) is 13.0 Å². The van der Waals surface area contributed by atoms with Crippen molar-refractivity contribution in [2.24, 2.45) is 5.84 Å². The summed E-state index contributed by atoms with van der Waals surface area (Å²) in [6, 6.07) is 2.20. The topological polar surface area (TPSA) is 55.9 Å². The van der Waals surface area contributed by atoms with Gasteiger partial charge in [0.15, 0.2) is 0 Å². The van der Waals surface area contributed by atoms with E-state index in [1.165, 1.54) is 12.3 Å². The van der Waals surface area contributed by atoms with E-state index in [2.05, 4.69) is 10.5 Å². The van der Waals surface area contributed by atoms with Crippen molar-refractivity contribution in [2.75, 3.05) is 0 Å². The molecular weight excluding hydrogens is 288 g/mol. The number of aromatic nitrogens is 2. The van der Waals surface area contributed by atoms with Crippen LogP contribution in [0, 0.1) is 5.82 Å². The van der Waals surface area contributed by atoms with Gasteiger partial charge in [0.2, 0.25) is 0 Å². The molecule has 2 rings (SSSR count). The normalized spacial score (nSPS) is 13.4. The van der Waals surface area contributed by atoms with Gasteiger partial charge in [0.25, 0.3) is 0 Å². The highest BCUT2D eigenvalue weighted by Gasteiger charge is 2.36. The van der Waals surface area contributed by atoms with E-state index in [9.17, 15) is 17.6 Å². The van der Waals surface area contributed by atoms with Crippen molar-refractivity contribution in [1.29, 1.82) is 0 Å². The molecule has 4 nitrogen and oxygen atoms in total. The molecular formula is C13H14F4N4. The molecule has 1 aromatic carbocycles. The van der Waals surface area contributed by atoms with Gasteiger partial charge in [-0.15, -0.1) is 0 Å². The maximum Gasteiger partial charge on any atom is 0.419 e. The van der Waals surface area contributed by atoms with Crippen molar-refractivity contribution >= 4 is 0 Å². The largest absolute Gasteiger partial charge is 0.419 e. The van der Waals surface area contributed by atoms with Gasteiger partial charge in [0.05, 0.1) is 17.8 Å². The molecule has 1 unspecified atom stereocenters. The molecule has 1 atom stereocenters. The summed E-state index contributed by atoms with van der Waals surface area (Å²) in [7, 11) is 0. The zero-order valence-corrected chi connectivity index (χ0v) is 11.2. The van der Waals surface area contributed by atoms with Crippen LogP contribution < -0.4 is 11.3 Å². The highest BCUT2D eigenvalue weighted by molar-refractivity contribution is 5.35. The monoisotopic (exact) mass is 302 g/mol. The number of benzene rings is 1. The van der Waals surface area contributed by atoms with Crippen LogP contribution in [0.2, 0.25) is 0 Å². The minimum absolute atomic E-state index is 0.178. The van der Waals surface area contributed by atoms with Crippen LogP contribution >= 0.6 is 0 Å². The summed E-state index contributed by atoms with van der Waals surface area (Å²) >= 11 is 0. The summed E-state index contributed by atoms with van der Waals surface area (Å²) in [5, 5.41) is 4.01. The smallest absolute Gasteiger partial charge is 0.273 e. The third-order valence-corrected chi connectivity index (χ3v) is 3.12. The van der Waals surface area contributed by atoms with Crippen LogP contribution in [0.5, 0.6) is 0 Å². The lowest BCUT2D eigenvalue weighted by Gasteiger charge is -2.18. The van der Waals surface area contributed by atoms with E-state index in [4.69, 9.17) is 5.84 Å². The zero-order chi connectivity index (χ0) is 15.6. The molecule has 21 heavy (non-hydrogen) atoms. The Kier molecular flexibility index (Phi) is 4.29. The molecule has 0 bridgehead atoms. The molecule has 0 aliphatic rings. The summed E-state index contributed by atoms with van der Waals surface area (Å²) in [6.07, 6.45) is -1.72. The second kappa shape index (κ2) is 5.82. The van der Waals surface area contributed by atoms with E-state index in [1.807, 2.05) is 6.92 Å². The van der Waals surface area contributed by atoms with Crippen LogP contribution in [0.25, 0.3) is 0 Å². The fourth-order valence-electron chi connectivity index (χ4n) is 2.06. The van der Waals surface area contributed by atoms with Gasteiger partial charge < -0.3 is 0 Å². The second-order valence-corrected chi connectivity index (χ2v) is 4.44. The van der Waals surface area contributed by atoms with E-state index < -0.39 is 23.6 Å². The first kappa shape index (κ1) is 15.5. The molecule has 2 aromatic rings. The van der Waals surface area contributed by atoms with Gasteiger partial charge >= 0.3 is 6.18 Å². The number of aryl methyl sites for hydroxylation is 1. The summed E-state index contributed by atoms with van der Waals surface area (Å²) in [5.41, 5.74) is 1.32. The third-order valence-electron chi connectivity index (χ3n) is 3.12. The number of hydrogen-bond donors (Lipinski definition) is 2. The number of nitrogens with one attached hydrogen (secondary N) is 1. The first-order valence-electron chi connectivity index (χ1n) is 6.22. The SMILES string of the molecule is CCn1cc(C(NN)c2cccc(C(F)(F)F)c2F)cn1. The van der Waals surface area contributed by atoms with Gasteiger partial charge in [-0.3, -0.25) is 10.5 Å². The van der Waals surface area contributed by atoms with Crippen LogP contribution in [0.1, 0.15) is 29.7 Å². The predicted molar refractivity (Wildman–Crippen MR) is 68.5 cm³/mol. The van der Waals surface area contributed by atoms with Crippen molar-refractivity contribution in [3.63, 3.8) is 0 Å². The number of hydrogen-bond acceptors (Lipinski definition) is 3. The molecule has 1 heterocycles. The Labute approximate surface area is 118 Å². The summed E-state index contributed by atoms with van der Waals surface area (Å²) < 4.78 is 54.0. The van der Waals surface area contributed by atoms with E-state index in [-0.39, 0.29) is 5.56 Å². The molecule has 1 aromatic heterocycles. The molecule has 0 aliphatic carbocycles. The minimum atomic E-state index is -4.76. The van der Waals surface area contributed by atoms with Crippen molar-refractivity contribution in [3.05, 3.63) is 53.1 Å². The van der Waals surface area contributed by atoms with E-state index in [1.54, 1.807) is 10.9 Å². The molecule has 0 saturated heterocycles. The maximum absolute atomic E-state index is 14.1. The van der Waals surface area contributed by atoms with E-state index >= 15 is 0 Å². The summed E-state index contributed by atoms with van der Waals surface area (Å²) in [5.74, 6) is 4.04. The number of nitrogens with zero attached hydrogens (tertiary/aromatic N) is 2. The first-order valence-corrected chi connectivity index (χ1v) is 6.22. The lowest BCUT2D eigenvalue weighted by molar-refractivity contribution is -0.140. The number of rotatable bonds is 4. The van der Waals surface area contributed by atoms with Gasteiger partial charge in [-0.1, -0.05) is 12.1 Å². The molecule has 0 fully saturated rings. The molecule has 3 N–H and O–H groups in total. The second-order valence-electron chi connectivity index (χ2n) is 4.44. The molecule has 0 radical (unpaired) electrons. The molecule has 0 saturated carbocycles. The highest BCUT2D eigenvalue weighted by atomic mass is 19.4. The zero-order valence-electron chi connectivity index (χ0n) is 11.2. The third kappa shape index (κ3) is 3.06. The highest BCUT2D eigenvalue weighted by Crippen LogP contribution is 2.35. The van der Waals surface area contributed by atoms with Crippen molar-refractivity contribution in [1.82, 2.24) is 15.2 Å². The van der Waals surface area contributed by atoms with Crippen LogP contribution in [-0.4, -0.2) is 9.78 Å². The van der Waals surface area contributed by atoms with Gasteiger partial charge in [-0.2, -0.15) is 18.3 Å². The van der Waals surface area contributed by atoms with Gasteiger partial charge in [-0.25, -0.2) is 9.82 Å². The average molecular weight is 302 g/mol. The first-order chi connectivity index (χ1) is 9.88. The van der Waals surface area contributed by atoms with E-state index in [0.717, 1.165) is 6.07 Å². The number of hydrazine groups is 1. The molecule has 0 spiro atoms. The Hall–Kier alpha value is -1.93. The molecule has 8 heteroatoms.